The number of ether oxygens (including phenoxy) is 1. The molecule has 1 amide bonds. The van der Waals surface area contributed by atoms with Crippen molar-refractivity contribution in [3.63, 3.8) is 0 Å². The molecule has 164 valence electrons. The van der Waals surface area contributed by atoms with Crippen molar-refractivity contribution >= 4 is 21.6 Å². The minimum absolute atomic E-state index is 0.0810. The Morgan fingerprint density at radius 3 is 2.32 bits per heavy atom. The molecule has 3 rings (SSSR count). The average molecular weight is 443 g/mol. The van der Waals surface area contributed by atoms with E-state index in [0.29, 0.717) is 37.5 Å². The Balaban J connectivity index is 1.81. The topological polar surface area (TPSA) is 104 Å². The van der Waals surface area contributed by atoms with Crippen molar-refractivity contribution in [3.05, 3.63) is 47.7 Å². The molecule has 0 N–H and O–H groups in total. The molecule has 1 saturated heterocycles. The van der Waals surface area contributed by atoms with Gasteiger partial charge in [0.15, 0.2) is 9.84 Å². The Hall–Kier alpha value is -3.12. The number of nitrogens with zero attached hydrogens (tertiary/aromatic N) is 4. The van der Waals surface area contributed by atoms with Crippen LogP contribution in [0.5, 0.6) is 5.75 Å². The van der Waals surface area contributed by atoms with Crippen molar-refractivity contribution in [3.8, 4) is 11.8 Å². The van der Waals surface area contributed by atoms with Crippen LogP contribution in [0.1, 0.15) is 36.7 Å². The molecule has 1 aromatic carbocycles. The van der Waals surface area contributed by atoms with E-state index in [4.69, 9.17) is 10.00 Å². The van der Waals surface area contributed by atoms with Gasteiger partial charge in [0.25, 0.3) is 5.91 Å². The molecule has 2 heterocycles. The van der Waals surface area contributed by atoms with Crippen LogP contribution in [0.2, 0.25) is 0 Å². The molecule has 1 aromatic heterocycles. The van der Waals surface area contributed by atoms with Crippen molar-refractivity contribution < 1.29 is 17.9 Å². The highest BCUT2D eigenvalue weighted by Gasteiger charge is 2.27. The van der Waals surface area contributed by atoms with Gasteiger partial charge < -0.3 is 14.5 Å². The maximum atomic E-state index is 13.3. The number of anilines is 1. The molecule has 1 aliphatic heterocycles. The maximum Gasteiger partial charge on any atom is 0.257 e. The zero-order chi connectivity index (χ0) is 22.8. The van der Waals surface area contributed by atoms with Gasteiger partial charge in [-0.25, -0.2) is 13.4 Å². The van der Waals surface area contributed by atoms with E-state index < -0.39 is 15.4 Å². The lowest BCUT2D eigenvalue weighted by Gasteiger charge is -2.36. The average Bonchev–Trinajstić information content (AvgIpc) is 2.72. The van der Waals surface area contributed by atoms with Crippen LogP contribution < -0.4 is 9.64 Å². The highest BCUT2D eigenvalue weighted by molar-refractivity contribution is 7.90. The van der Waals surface area contributed by atoms with Gasteiger partial charge in [0, 0.05) is 38.6 Å². The van der Waals surface area contributed by atoms with Crippen molar-refractivity contribution in [1.82, 2.24) is 9.88 Å². The number of hydrogen-bond acceptors (Lipinski definition) is 7. The largest absolute Gasteiger partial charge is 0.487 e. The number of rotatable bonds is 4. The number of sulfone groups is 1. The molecule has 0 atom stereocenters. The molecule has 1 aliphatic rings. The molecule has 9 heteroatoms. The summed E-state index contributed by atoms with van der Waals surface area (Å²) in [7, 11) is -3.47. The van der Waals surface area contributed by atoms with Crippen LogP contribution in [0.25, 0.3) is 0 Å². The lowest BCUT2D eigenvalue weighted by atomic mass is 10.1. The van der Waals surface area contributed by atoms with Crippen LogP contribution >= 0.6 is 0 Å². The Morgan fingerprint density at radius 2 is 1.81 bits per heavy atom. The number of pyridine rings is 1. The summed E-state index contributed by atoms with van der Waals surface area (Å²) < 4.78 is 30.0. The van der Waals surface area contributed by atoms with Crippen LogP contribution in [0.4, 0.5) is 5.82 Å². The maximum absolute atomic E-state index is 13.3. The fourth-order valence-electron chi connectivity index (χ4n) is 3.27. The Bertz CT molecular complexity index is 1110. The summed E-state index contributed by atoms with van der Waals surface area (Å²) in [6.45, 7) is 7.67. The Kier molecular flexibility index (Phi) is 6.23. The van der Waals surface area contributed by atoms with E-state index in [1.165, 1.54) is 18.3 Å². The van der Waals surface area contributed by atoms with Gasteiger partial charge in [-0.1, -0.05) is 0 Å². The van der Waals surface area contributed by atoms with Gasteiger partial charge >= 0.3 is 0 Å². The van der Waals surface area contributed by atoms with Crippen LogP contribution in [0.15, 0.2) is 41.4 Å². The second-order valence-corrected chi connectivity index (χ2v) is 10.5. The van der Waals surface area contributed by atoms with Crippen LogP contribution in [-0.2, 0) is 9.84 Å². The summed E-state index contributed by atoms with van der Waals surface area (Å²) >= 11 is 0. The lowest BCUT2D eigenvalue weighted by molar-refractivity contribution is 0.0730. The number of aromatic nitrogens is 1. The molecule has 1 fully saturated rings. The fourth-order valence-corrected chi connectivity index (χ4v) is 3.92. The van der Waals surface area contributed by atoms with Crippen LogP contribution in [0.3, 0.4) is 0 Å². The predicted molar refractivity (Wildman–Crippen MR) is 117 cm³/mol. The number of nitriles is 1. The van der Waals surface area contributed by atoms with Crippen molar-refractivity contribution in [2.75, 3.05) is 37.3 Å². The fraction of sp³-hybridized carbons (Fsp3) is 0.409. The zero-order valence-corrected chi connectivity index (χ0v) is 18.9. The Morgan fingerprint density at radius 1 is 1.13 bits per heavy atom. The van der Waals surface area contributed by atoms with Crippen LogP contribution in [0, 0.1) is 11.3 Å². The van der Waals surface area contributed by atoms with E-state index >= 15 is 0 Å². The number of carbonyl (C=O) groups is 1. The number of piperazine rings is 1. The predicted octanol–water partition coefficient (Wildman–Crippen LogP) is 2.50. The van der Waals surface area contributed by atoms with Crippen molar-refractivity contribution in [2.24, 2.45) is 0 Å². The smallest absolute Gasteiger partial charge is 0.257 e. The Labute approximate surface area is 183 Å². The summed E-state index contributed by atoms with van der Waals surface area (Å²) in [5.41, 5.74) is 0.194. The third-order valence-corrected chi connectivity index (χ3v) is 5.90. The van der Waals surface area contributed by atoms with Gasteiger partial charge in [0.1, 0.15) is 23.2 Å². The molecule has 0 unspecified atom stereocenters. The molecule has 2 aromatic rings. The van der Waals surface area contributed by atoms with Gasteiger partial charge in [0.05, 0.1) is 16.0 Å². The molecule has 0 aliphatic carbocycles. The van der Waals surface area contributed by atoms with E-state index in [-0.39, 0.29) is 16.4 Å². The van der Waals surface area contributed by atoms with E-state index in [2.05, 4.69) is 4.98 Å². The lowest BCUT2D eigenvalue weighted by Crippen LogP contribution is -2.49. The third-order valence-electron chi connectivity index (χ3n) is 4.79. The van der Waals surface area contributed by atoms with Crippen LogP contribution in [-0.4, -0.2) is 62.2 Å². The molecule has 8 nitrogen and oxygen atoms in total. The van der Waals surface area contributed by atoms with Gasteiger partial charge in [0.2, 0.25) is 0 Å². The summed E-state index contributed by atoms with van der Waals surface area (Å²) in [6.07, 6.45) is 2.64. The number of benzene rings is 1. The summed E-state index contributed by atoms with van der Waals surface area (Å²) in [5.74, 6) is 0.847. The molecular weight excluding hydrogens is 416 g/mol. The quantitative estimate of drug-likeness (QED) is 0.716. The first-order valence-electron chi connectivity index (χ1n) is 9.91. The number of amides is 1. The molecule has 0 bridgehead atoms. The SMILES string of the molecule is CC(C)(C)Oc1ccc(S(C)(=O)=O)cc1C(=O)N1CCN(c2ccc(C#N)cn2)CC1. The van der Waals surface area contributed by atoms with Gasteiger partial charge in [-0.05, 0) is 51.1 Å². The second-order valence-electron chi connectivity index (χ2n) is 8.44. The normalized spacial score (nSPS) is 14.8. The number of hydrogen-bond donors (Lipinski definition) is 0. The minimum Gasteiger partial charge on any atom is -0.487 e. The molecule has 0 radical (unpaired) electrons. The standard InChI is InChI=1S/C22H26N4O4S/c1-22(2,3)30-19-7-6-17(31(4,28)29)13-18(19)21(27)26-11-9-25(10-12-26)20-8-5-16(14-23)15-24-20/h5-8,13,15H,9-12H2,1-4H3. The highest BCUT2D eigenvalue weighted by atomic mass is 32.2. The van der Waals surface area contributed by atoms with E-state index in [1.807, 2.05) is 31.7 Å². The van der Waals surface area contributed by atoms with Gasteiger partial charge in [-0.15, -0.1) is 0 Å². The first kappa shape index (κ1) is 22.6. The minimum atomic E-state index is -3.47. The molecular formula is C22H26N4O4S. The molecule has 0 spiro atoms. The highest BCUT2D eigenvalue weighted by Crippen LogP contribution is 2.28. The summed E-state index contributed by atoms with van der Waals surface area (Å²) in [5, 5.41) is 8.91. The second kappa shape index (κ2) is 8.55. The first-order valence-corrected chi connectivity index (χ1v) is 11.8. The van der Waals surface area contributed by atoms with E-state index in [0.717, 1.165) is 12.1 Å². The van der Waals surface area contributed by atoms with Gasteiger partial charge in [-0.3, -0.25) is 4.79 Å². The zero-order valence-electron chi connectivity index (χ0n) is 18.1. The molecule has 0 saturated carbocycles. The van der Waals surface area contributed by atoms with Crippen molar-refractivity contribution in [2.45, 2.75) is 31.3 Å². The molecule has 31 heavy (non-hydrogen) atoms. The van der Waals surface area contributed by atoms with Crippen molar-refractivity contribution in [1.29, 1.82) is 5.26 Å². The van der Waals surface area contributed by atoms with E-state index in [9.17, 15) is 13.2 Å². The van der Waals surface area contributed by atoms with Gasteiger partial charge in [-0.2, -0.15) is 5.26 Å². The first-order chi connectivity index (χ1) is 14.5. The third kappa shape index (κ3) is 5.52. The number of carbonyl (C=O) groups excluding carboxylic acids is 1. The monoisotopic (exact) mass is 442 g/mol. The summed E-state index contributed by atoms with van der Waals surface area (Å²) in [4.78, 5) is 21.4. The summed E-state index contributed by atoms with van der Waals surface area (Å²) in [6, 6.07) is 9.96. The van der Waals surface area contributed by atoms with E-state index in [1.54, 1.807) is 23.1 Å².